The third-order valence-corrected chi connectivity index (χ3v) is 5.61. The molecule has 4 rings (SSSR count). The van der Waals surface area contributed by atoms with E-state index in [2.05, 4.69) is 20.2 Å². The number of benzene rings is 1. The zero-order valence-electron chi connectivity index (χ0n) is 17.6. The molecule has 0 radical (unpaired) electrons. The van der Waals surface area contributed by atoms with E-state index in [0.717, 1.165) is 11.1 Å². The Morgan fingerprint density at radius 1 is 1.19 bits per heavy atom. The largest absolute Gasteiger partial charge is 0.351 e. The van der Waals surface area contributed by atoms with Gasteiger partial charge in [0, 0.05) is 42.5 Å². The van der Waals surface area contributed by atoms with Crippen molar-refractivity contribution in [2.45, 2.75) is 26.8 Å². The second-order valence-electron chi connectivity index (χ2n) is 8.01. The lowest BCUT2D eigenvalue weighted by Crippen LogP contribution is -2.60. The number of hydrogen-bond donors (Lipinski definition) is 1. The topological polar surface area (TPSA) is 71.0 Å². The Morgan fingerprint density at radius 2 is 1.97 bits per heavy atom. The molecular formula is C23H23ClFN5O. The van der Waals surface area contributed by atoms with Gasteiger partial charge in [0.05, 0.1) is 23.0 Å². The number of aromatic nitrogens is 3. The number of halogens is 2. The molecule has 0 bridgehead atoms. The van der Waals surface area contributed by atoms with Gasteiger partial charge in [-0.15, -0.1) is 0 Å². The van der Waals surface area contributed by atoms with Gasteiger partial charge < -0.3 is 10.2 Å². The van der Waals surface area contributed by atoms with Gasteiger partial charge in [-0.2, -0.15) is 0 Å². The van der Waals surface area contributed by atoms with E-state index >= 15 is 0 Å². The molecule has 3 heterocycles. The fourth-order valence-electron chi connectivity index (χ4n) is 3.50. The number of hydrogen-bond acceptors (Lipinski definition) is 5. The standard InChI is InChI=1S/C23H23ClFN5O/c1-13(2)23(31)28-16-11-30(12-16)20-10-27-21(17-5-4-15(25)8-14(17)3)22(29-20)18-6-7-26-9-19(18)24/h4-10,13,16H,11-12H2,1-3H3,(H,28,31). The molecule has 1 saturated heterocycles. The summed E-state index contributed by atoms with van der Waals surface area (Å²) < 4.78 is 13.6. The number of anilines is 1. The maximum Gasteiger partial charge on any atom is 0.222 e. The molecule has 1 amide bonds. The number of amides is 1. The second-order valence-corrected chi connectivity index (χ2v) is 8.41. The summed E-state index contributed by atoms with van der Waals surface area (Å²) in [6.45, 7) is 6.90. The Morgan fingerprint density at radius 3 is 2.65 bits per heavy atom. The molecular weight excluding hydrogens is 417 g/mol. The number of aryl methyl sites for hydroxylation is 1. The maximum atomic E-state index is 13.6. The van der Waals surface area contributed by atoms with Crippen LogP contribution in [-0.4, -0.2) is 40.0 Å². The highest BCUT2D eigenvalue weighted by Crippen LogP contribution is 2.36. The van der Waals surface area contributed by atoms with Crippen LogP contribution < -0.4 is 10.2 Å². The molecule has 31 heavy (non-hydrogen) atoms. The first kappa shape index (κ1) is 21.2. The predicted molar refractivity (Wildman–Crippen MR) is 119 cm³/mol. The van der Waals surface area contributed by atoms with E-state index in [4.69, 9.17) is 16.6 Å². The first-order valence-corrected chi connectivity index (χ1v) is 10.5. The molecule has 1 aliphatic rings. The van der Waals surface area contributed by atoms with Gasteiger partial charge in [-0.1, -0.05) is 25.4 Å². The van der Waals surface area contributed by atoms with E-state index < -0.39 is 0 Å². The summed E-state index contributed by atoms with van der Waals surface area (Å²) in [5.41, 5.74) is 3.48. The molecule has 0 unspecified atom stereocenters. The van der Waals surface area contributed by atoms with Crippen molar-refractivity contribution < 1.29 is 9.18 Å². The van der Waals surface area contributed by atoms with Crippen LogP contribution in [0.15, 0.2) is 42.9 Å². The van der Waals surface area contributed by atoms with E-state index in [-0.39, 0.29) is 23.7 Å². The molecule has 1 aromatic carbocycles. The monoisotopic (exact) mass is 439 g/mol. The first-order valence-electron chi connectivity index (χ1n) is 10.1. The Hall–Kier alpha value is -3.06. The first-order chi connectivity index (χ1) is 14.8. The van der Waals surface area contributed by atoms with Crippen LogP contribution in [0.25, 0.3) is 22.5 Å². The highest BCUT2D eigenvalue weighted by Gasteiger charge is 2.30. The quantitative estimate of drug-likeness (QED) is 0.643. The van der Waals surface area contributed by atoms with Gasteiger partial charge in [0.1, 0.15) is 17.3 Å². The van der Waals surface area contributed by atoms with Crippen LogP contribution >= 0.6 is 11.6 Å². The maximum absolute atomic E-state index is 13.6. The summed E-state index contributed by atoms with van der Waals surface area (Å²) in [5.74, 6) is 0.389. The van der Waals surface area contributed by atoms with E-state index in [1.54, 1.807) is 30.7 Å². The van der Waals surface area contributed by atoms with Gasteiger partial charge in [-0.3, -0.25) is 14.8 Å². The second kappa shape index (κ2) is 8.59. The average Bonchev–Trinajstić information content (AvgIpc) is 2.70. The smallest absolute Gasteiger partial charge is 0.222 e. The molecule has 160 valence electrons. The van der Waals surface area contributed by atoms with Crippen molar-refractivity contribution in [3.8, 4) is 22.5 Å². The zero-order valence-corrected chi connectivity index (χ0v) is 18.3. The third-order valence-electron chi connectivity index (χ3n) is 5.31. The lowest BCUT2D eigenvalue weighted by Gasteiger charge is -2.40. The van der Waals surface area contributed by atoms with Crippen LogP contribution in [0.2, 0.25) is 5.02 Å². The minimum atomic E-state index is -0.301. The van der Waals surface area contributed by atoms with Crippen LogP contribution in [0, 0.1) is 18.7 Å². The van der Waals surface area contributed by atoms with Crippen LogP contribution in [0.5, 0.6) is 0 Å². The molecule has 1 N–H and O–H groups in total. The van der Waals surface area contributed by atoms with Crippen LogP contribution in [0.1, 0.15) is 19.4 Å². The van der Waals surface area contributed by atoms with Crippen molar-refractivity contribution in [2.24, 2.45) is 5.92 Å². The van der Waals surface area contributed by atoms with Gasteiger partial charge in [0.25, 0.3) is 0 Å². The molecule has 0 saturated carbocycles. The van der Waals surface area contributed by atoms with Crippen molar-refractivity contribution in [1.82, 2.24) is 20.3 Å². The Kier molecular flexibility index (Phi) is 5.87. The van der Waals surface area contributed by atoms with E-state index in [9.17, 15) is 9.18 Å². The van der Waals surface area contributed by atoms with E-state index in [1.807, 2.05) is 20.8 Å². The average molecular weight is 440 g/mol. The van der Waals surface area contributed by atoms with Crippen molar-refractivity contribution >= 4 is 23.3 Å². The lowest BCUT2D eigenvalue weighted by molar-refractivity contribution is -0.124. The number of pyridine rings is 1. The van der Waals surface area contributed by atoms with Gasteiger partial charge >= 0.3 is 0 Å². The summed E-state index contributed by atoms with van der Waals surface area (Å²) in [4.78, 5) is 27.6. The fraction of sp³-hybridized carbons (Fsp3) is 0.304. The molecule has 0 aliphatic carbocycles. The van der Waals surface area contributed by atoms with Crippen molar-refractivity contribution in [3.63, 3.8) is 0 Å². The predicted octanol–water partition coefficient (Wildman–Crippen LogP) is 4.27. The molecule has 1 fully saturated rings. The van der Waals surface area contributed by atoms with Crippen LogP contribution in [0.4, 0.5) is 10.2 Å². The van der Waals surface area contributed by atoms with Crippen molar-refractivity contribution in [1.29, 1.82) is 0 Å². The summed E-state index contributed by atoms with van der Waals surface area (Å²) in [5, 5.41) is 3.49. The minimum absolute atomic E-state index is 0.0436. The zero-order chi connectivity index (χ0) is 22.1. The van der Waals surface area contributed by atoms with Gasteiger partial charge in [-0.25, -0.2) is 9.37 Å². The Labute approximate surface area is 185 Å². The highest BCUT2D eigenvalue weighted by atomic mass is 35.5. The number of nitrogens with one attached hydrogen (secondary N) is 1. The summed E-state index contributed by atoms with van der Waals surface area (Å²) in [7, 11) is 0. The highest BCUT2D eigenvalue weighted by molar-refractivity contribution is 6.33. The molecule has 3 aromatic rings. The van der Waals surface area contributed by atoms with Gasteiger partial charge in [0.2, 0.25) is 5.91 Å². The molecule has 0 atom stereocenters. The lowest BCUT2D eigenvalue weighted by atomic mass is 10.0. The van der Waals surface area contributed by atoms with Crippen molar-refractivity contribution in [2.75, 3.05) is 18.0 Å². The van der Waals surface area contributed by atoms with Gasteiger partial charge in [-0.05, 0) is 36.8 Å². The molecule has 6 nitrogen and oxygen atoms in total. The van der Waals surface area contributed by atoms with E-state index in [1.165, 1.54) is 12.1 Å². The molecule has 1 aliphatic heterocycles. The Balaban J connectivity index is 1.69. The van der Waals surface area contributed by atoms with E-state index in [0.29, 0.717) is 40.9 Å². The molecule has 8 heteroatoms. The van der Waals surface area contributed by atoms with Gasteiger partial charge in [0.15, 0.2) is 0 Å². The van der Waals surface area contributed by atoms with Crippen LogP contribution in [-0.2, 0) is 4.79 Å². The minimum Gasteiger partial charge on any atom is -0.351 e. The Bertz CT molecular complexity index is 1130. The SMILES string of the molecule is Cc1cc(F)ccc1-c1ncc(N2CC(NC(=O)C(C)C)C2)nc1-c1ccncc1Cl. The van der Waals surface area contributed by atoms with Crippen LogP contribution in [0.3, 0.4) is 0 Å². The number of rotatable bonds is 5. The molecule has 0 spiro atoms. The molecule has 2 aromatic heterocycles. The summed E-state index contributed by atoms with van der Waals surface area (Å²) in [6.07, 6.45) is 4.92. The normalized spacial score (nSPS) is 13.9. The summed E-state index contributed by atoms with van der Waals surface area (Å²) >= 11 is 6.42. The number of nitrogens with zero attached hydrogens (tertiary/aromatic N) is 4. The fourth-order valence-corrected chi connectivity index (χ4v) is 3.71. The van der Waals surface area contributed by atoms with Crippen molar-refractivity contribution in [3.05, 3.63) is 59.3 Å². The number of carbonyl (C=O) groups excluding carboxylic acids is 1. The summed E-state index contributed by atoms with van der Waals surface area (Å²) in [6, 6.07) is 6.46. The number of carbonyl (C=O) groups is 1. The third kappa shape index (κ3) is 4.37.